The van der Waals surface area contributed by atoms with Crippen molar-refractivity contribution in [1.29, 1.82) is 0 Å². The average molecular weight is 231 g/mol. The van der Waals surface area contributed by atoms with Gasteiger partial charge in [-0.3, -0.25) is 4.57 Å². The number of hydrogen-bond acceptors (Lipinski definition) is 4. The molecule has 0 amide bonds. The molecule has 2 aromatic rings. The zero-order valence-corrected chi connectivity index (χ0v) is 9.98. The highest BCUT2D eigenvalue weighted by molar-refractivity contribution is 5.74. The van der Waals surface area contributed by atoms with Gasteiger partial charge in [-0.05, 0) is 38.1 Å². The Morgan fingerprint density at radius 2 is 2.24 bits per heavy atom. The van der Waals surface area contributed by atoms with Crippen LogP contribution in [0.3, 0.4) is 0 Å². The van der Waals surface area contributed by atoms with E-state index in [0.29, 0.717) is 6.04 Å². The van der Waals surface area contributed by atoms with E-state index in [1.54, 1.807) is 6.20 Å². The van der Waals surface area contributed by atoms with Crippen LogP contribution in [0.1, 0.15) is 12.8 Å². The quantitative estimate of drug-likeness (QED) is 0.813. The molecule has 1 fully saturated rings. The molecule has 0 spiro atoms. The van der Waals surface area contributed by atoms with Gasteiger partial charge >= 0.3 is 0 Å². The number of aryl methyl sites for hydroxylation is 1. The van der Waals surface area contributed by atoms with E-state index in [9.17, 15) is 0 Å². The van der Waals surface area contributed by atoms with Crippen molar-refractivity contribution in [2.75, 3.05) is 18.4 Å². The molecule has 0 atom stereocenters. The van der Waals surface area contributed by atoms with Crippen LogP contribution in [0.25, 0.3) is 11.2 Å². The molecule has 5 nitrogen and oxygen atoms in total. The van der Waals surface area contributed by atoms with E-state index in [1.165, 1.54) is 0 Å². The van der Waals surface area contributed by atoms with E-state index in [-0.39, 0.29) is 0 Å². The molecule has 0 radical (unpaired) electrons. The first-order valence-corrected chi connectivity index (χ1v) is 6.09. The molecule has 0 aromatic carbocycles. The molecule has 5 heteroatoms. The fourth-order valence-corrected chi connectivity index (χ4v) is 2.30. The molecular weight excluding hydrogens is 214 g/mol. The number of pyridine rings is 1. The van der Waals surface area contributed by atoms with E-state index in [2.05, 4.69) is 20.6 Å². The summed E-state index contributed by atoms with van der Waals surface area (Å²) in [4.78, 5) is 8.92. The summed E-state index contributed by atoms with van der Waals surface area (Å²) in [6.07, 6.45) is 4.10. The zero-order valence-electron chi connectivity index (χ0n) is 9.98. The molecule has 1 aliphatic rings. The van der Waals surface area contributed by atoms with E-state index in [0.717, 1.165) is 43.0 Å². The predicted octanol–water partition coefficient (Wildman–Crippen LogP) is 1.13. The number of rotatable bonds is 2. The van der Waals surface area contributed by atoms with Crippen molar-refractivity contribution in [2.45, 2.75) is 18.9 Å². The molecule has 90 valence electrons. The first-order valence-electron chi connectivity index (χ1n) is 6.09. The van der Waals surface area contributed by atoms with Gasteiger partial charge in [-0.1, -0.05) is 0 Å². The minimum Gasteiger partial charge on any atom is -0.353 e. The monoisotopic (exact) mass is 231 g/mol. The summed E-state index contributed by atoms with van der Waals surface area (Å²) in [5.74, 6) is 0.922. The zero-order chi connectivity index (χ0) is 11.7. The molecule has 0 aliphatic carbocycles. The molecule has 3 rings (SSSR count). The van der Waals surface area contributed by atoms with Crippen LogP contribution in [-0.4, -0.2) is 33.7 Å². The molecule has 1 saturated heterocycles. The SMILES string of the molecule is Cn1c(NC2CCNCC2)nc2cccnc21. The highest BCUT2D eigenvalue weighted by Gasteiger charge is 2.15. The van der Waals surface area contributed by atoms with Crippen molar-refractivity contribution in [2.24, 2.45) is 7.05 Å². The summed E-state index contributed by atoms with van der Waals surface area (Å²) in [6, 6.07) is 4.44. The second-order valence-electron chi connectivity index (χ2n) is 4.51. The number of imidazole rings is 1. The van der Waals surface area contributed by atoms with Crippen molar-refractivity contribution in [3.05, 3.63) is 18.3 Å². The molecule has 0 saturated carbocycles. The summed E-state index contributed by atoms with van der Waals surface area (Å²) in [7, 11) is 2.01. The second kappa shape index (κ2) is 4.33. The van der Waals surface area contributed by atoms with Crippen molar-refractivity contribution in [3.63, 3.8) is 0 Å². The van der Waals surface area contributed by atoms with Gasteiger partial charge in [0.2, 0.25) is 5.95 Å². The maximum absolute atomic E-state index is 4.58. The number of fused-ring (bicyclic) bond motifs is 1. The van der Waals surface area contributed by atoms with Crippen LogP contribution < -0.4 is 10.6 Å². The third-order valence-corrected chi connectivity index (χ3v) is 3.30. The Balaban J connectivity index is 1.87. The van der Waals surface area contributed by atoms with Crippen LogP contribution in [0.5, 0.6) is 0 Å². The predicted molar refractivity (Wildman–Crippen MR) is 68.0 cm³/mol. The van der Waals surface area contributed by atoms with E-state index < -0.39 is 0 Å². The standard InChI is InChI=1S/C12H17N5/c1-17-11-10(3-2-6-14-11)16-12(17)15-9-4-7-13-8-5-9/h2-3,6,9,13H,4-5,7-8H2,1H3,(H,15,16). The topological polar surface area (TPSA) is 54.8 Å². The molecule has 3 heterocycles. The molecule has 1 aliphatic heterocycles. The third-order valence-electron chi connectivity index (χ3n) is 3.30. The molecule has 2 aromatic heterocycles. The van der Waals surface area contributed by atoms with E-state index >= 15 is 0 Å². The van der Waals surface area contributed by atoms with Crippen molar-refractivity contribution >= 4 is 17.1 Å². The molecule has 0 bridgehead atoms. The highest BCUT2D eigenvalue weighted by Crippen LogP contribution is 2.17. The number of nitrogens with zero attached hydrogens (tertiary/aromatic N) is 3. The molecular formula is C12H17N5. The number of hydrogen-bond donors (Lipinski definition) is 2. The van der Waals surface area contributed by atoms with Gasteiger partial charge in [0.1, 0.15) is 5.52 Å². The largest absolute Gasteiger partial charge is 0.353 e. The van der Waals surface area contributed by atoms with Gasteiger partial charge in [-0.25, -0.2) is 9.97 Å². The lowest BCUT2D eigenvalue weighted by Gasteiger charge is -2.23. The van der Waals surface area contributed by atoms with Gasteiger partial charge in [0, 0.05) is 19.3 Å². The Bertz CT molecular complexity index is 513. The average Bonchev–Trinajstić information content (AvgIpc) is 2.68. The van der Waals surface area contributed by atoms with Gasteiger partial charge in [0.05, 0.1) is 0 Å². The minimum absolute atomic E-state index is 0.520. The summed E-state index contributed by atoms with van der Waals surface area (Å²) in [6.45, 7) is 2.17. The Hall–Kier alpha value is -1.62. The van der Waals surface area contributed by atoms with Crippen molar-refractivity contribution in [3.8, 4) is 0 Å². The Morgan fingerprint density at radius 1 is 1.41 bits per heavy atom. The second-order valence-corrected chi connectivity index (χ2v) is 4.51. The fraction of sp³-hybridized carbons (Fsp3) is 0.500. The van der Waals surface area contributed by atoms with Crippen LogP contribution in [-0.2, 0) is 7.05 Å². The maximum atomic E-state index is 4.58. The molecule has 0 unspecified atom stereocenters. The smallest absolute Gasteiger partial charge is 0.205 e. The number of aromatic nitrogens is 3. The lowest BCUT2D eigenvalue weighted by molar-refractivity contribution is 0.476. The van der Waals surface area contributed by atoms with Gasteiger partial charge in [0.15, 0.2) is 5.65 Å². The van der Waals surface area contributed by atoms with E-state index in [4.69, 9.17) is 0 Å². The first kappa shape index (κ1) is 10.5. The van der Waals surface area contributed by atoms with Crippen LogP contribution in [0.2, 0.25) is 0 Å². The van der Waals surface area contributed by atoms with Crippen LogP contribution in [0, 0.1) is 0 Å². The van der Waals surface area contributed by atoms with Gasteiger partial charge in [-0.15, -0.1) is 0 Å². The summed E-state index contributed by atoms with van der Waals surface area (Å²) in [5, 5.41) is 6.87. The normalized spacial score (nSPS) is 17.5. The lowest BCUT2D eigenvalue weighted by Crippen LogP contribution is -2.35. The van der Waals surface area contributed by atoms with Crippen molar-refractivity contribution in [1.82, 2.24) is 19.9 Å². The molecule has 17 heavy (non-hydrogen) atoms. The minimum atomic E-state index is 0.520. The summed E-state index contributed by atoms with van der Waals surface area (Å²) >= 11 is 0. The molecule has 2 N–H and O–H groups in total. The number of anilines is 1. The first-order chi connectivity index (χ1) is 8.34. The Kier molecular flexibility index (Phi) is 2.68. The van der Waals surface area contributed by atoms with Crippen LogP contribution >= 0.6 is 0 Å². The maximum Gasteiger partial charge on any atom is 0.205 e. The van der Waals surface area contributed by atoms with Gasteiger partial charge in [0.25, 0.3) is 0 Å². The van der Waals surface area contributed by atoms with Gasteiger partial charge in [-0.2, -0.15) is 0 Å². The third kappa shape index (κ3) is 1.98. The Labute approximate surface area is 100 Å². The van der Waals surface area contributed by atoms with Crippen LogP contribution in [0.4, 0.5) is 5.95 Å². The Morgan fingerprint density at radius 3 is 3.00 bits per heavy atom. The fourth-order valence-electron chi connectivity index (χ4n) is 2.30. The van der Waals surface area contributed by atoms with Crippen LogP contribution in [0.15, 0.2) is 18.3 Å². The van der Waals surface area contributed by atoms with E-state index in [1.807, 2.05) is 23.7 Å². The van der Waals surface area contributed by atoms with Crippen molar-refractivity contribution < 1.29 is 0 Å². The highest BCUT2D eigenvalue weighted by atomic mass is 15.2. The summed E-state index contributed by atoms with van der Waals surface area (Å²) < 4.78 is 2.03. The number of nitrogens with one attached hydrogen (secondary N) is 2. The summed E-state index contributed by atoms with van der Waals surface area (Å²) in [5.41, 5.74) is 1.88. The number of piperidine rings is 1. The lowest BCUT2D eigenvalue weighted by atomic mass is 10.1. The van der Waals surface area contributed by atoms with Gasteiger partial charge < -0.3 is 10.6 Å².